The third-order valence-electron chi connectivity index (χ3n) is 4.65. The van der Waals surface area contributed by atoms with Crippen molar-refractivity contribution in [1.82, 2.24) is 4.90 Å². The van der Waals surface area contributed by atoms with Gasteiger partial charge in [0.1, 0.15) is 12.4 Å². The Balaban J connectivity index is 2.10. The van der Waals surface area contributed by atoms with Crippen molar-refractivity contribution in [3.05, 3.63) is 47.5 Å². The standard InChI is InChI=1S/C22H30N2O4/c1-6-24(7-2)12-13-28-21-15-18(10-11-19(21)26-4)23-22(25)17-9-8-16(3)20(14-17)27-5/h8-11,14-15H,6-7,12-13H2,1-5H3,(H,23,25). The molecule has 0 fully saturated rings. The Morgan fingerprint density at radius 1 is 0.964 bits per heavy atom. The predicted octanol–water partition coefficient (Wildman–Crippen LogP) is 3.99. The van der Waals surface area contributed by atoms with Crippen LogP contribution in [0, 0.1) is 6.92 Å². The number of aryl methyl sites for hydroxylation is 1. The van der Waals surface area contributed by atoms with E-state index >= 15 is 0 Å². The van der Waals surface area contributed by atoms with Crippen molar-refractivity contribution in [1.29, 1.82) is 0 Å². The van der Waals surface area contributed by atoms with Crippen molar-refractivity contribution in [2.75, 3.05) is 45.8 Å². The summed E-state index contributed by atoms with van der Waals surface area (Å²) in [5, 5.41) is 2.90. The number of rotatable bonds is 10. The van der Waals surface area contributed by atoms with E-state index in [0.717, 1.165) is 25.2 Å². The van der Waals surface area contributed by atoms with Crippen LogP contribution in [-0.2, 0) is 0 Å². The fourth-order valence-electron chi connectivity index (χ4n) is 2.86. The zero-order valence-corrected chi connectivity index (χ0v) is 17.4. The van der Waals surface area contributed by atoms with Crippen molar-refractivity contribution in [3.63, 3.8) is 0 Å². The van der Waals surface area contributed by atoms with Gasteiger partial charge in [-0.05, 0) is 49.8 Å². The number of ether oxygens (including phenoxy) is 3. The van der Waals surface area contributed by atoms with Crippen LogP contribution >= 0.6 is 0 Å². The number of hydrogen-bond donors (Lipinski definition) is 1. The number of methoxy groups -OCH3 is 2. The van der Waals surface area contributed by atoms with Crippen LogP contribution in [0.1, 0.15) is 29.8 Å². The first-order valence-corrected chi connectivity index (χ1v) is 9.51. The maximum Gasteiger partial charge on any atom is 0.255 e. The Kier molecular flexibility index (Phi) is 8.14. The molecule has 1 amide bonds. The second-order valence-electron chi connectivity index (χ2n) is 6.38. The second kappa shape index (κ2) is 10.6. The molecule has 0 saturated heterocycles. The van der Waals surface area contributed by atoms with Gasteiger partial charge in [0.15, 0.2) is 11.5 Å². The van der Waals surface area contributed by atoms with Gasteiger partial charge in [0, 0.05) is 23.9 Å². The molecule has 0 bridgehead atoms. The molecule has 0 spiro atoms. The van der Waals surface area contributed by atoms with Crippen molar-refractivity contribution in [2.24, 2.45) is 0 Å². The fraction of sp³-hybridized carbons (Fsp3) is 0.409. The lowest BCUT2D eigenvalue weighted by Gasteiger charge is -2.19. The molecule has 0 atom stereocenters. The minimum atomic E-state index is -0.211. The van der Waals surface area contributed by atoms with Gasteiger partial charge in [0.25, 0.3) is 5.91 Å². The summed E-state index contributed by atoms with van der Waals surface area (Å²) in [6, 6.07) is 10.7. The van der Waals surface area contributed by atoms with Gasteiger partial charge in [-0.3, -0.25) is 4.79 Å². The van der Waals surface area contributed by atoms with E-state index in [4.69, 9.17) is 14.2 Å². The quantitative estimate of drug-likeness (QED) is 0.669. The van der Waals surface area contributed by atoms with Crippen molar-refractivity contribution in [3.8, 4) is 17.2 Å². The highest BCUT2D eigenvalue weighted by atomic mass is 16.5. The zero-order valence-electron chi connectivity index (χ0n) is 17.4. The summed E-state index contributed by atoms with van der Waals surface area (Å²) in [6.45, 7) is 9.52. The van der Waals surface area contributed by atoms with Gasteiger partial charge < -0.3 is 24.4 Å². The molecule has 2 aromatic rings. The lowest BCUT2D eigenvalue weighted by atomic mass is 10.1. The molecule has 0 radical (unpaired) electrons. The minimum Gasteiger partial charge on any atom is -0.496 e. The number of carbonyl (C=O) groups is 1. The molecular formula is C22H30N2O4. The normalized spacial score (nSPS) is 10.6. The maximum atomic E-state index is 12.6. The summed E-state index contributed by atoms with van der Waals surface area (Å²) in [5.74, 6) is 1.71. The highest BCUT2D eigenvalue weighted by Gasteiger charge is 2.12. The summed E-state index contributed by atoms with van der Waals surface area (Å²) < 4.78 is 16.6. The summed E-state index contributed by atoms with van der Waals surface area (Å²) in [5.41, 5.74) is 2.15. The zero-order chi connectivity index (χ0) is 20.5. The number of nitrogens with one attached hydrogen (secondary N) is 1. The topological polar surface area (TPSA) is 60.0 Å². The Bertz CT molecular complexity index is 788. The molecule has 0 unspecified atom stereocenters. The molecule has 0 aliphatic heterocycles. The van der Waals surface area contributed by atoms with Gasteiger partial charge in [-0.15, -0.1) is 0 Å². The molecule has 0 aliphatic rings. The maximum absolute atomic E-state index is 12.6. The third-order valence-corrected chi connectivity index (χ3v) is 4.65. The van der Waals surface area contributed by atoms with Gasteiger partial charge in [0.05, 0.1) is 14.2 Å². The molecule has 0 aliphatic carbocycles. The van der Waals surface area contributed by atoms with Crippen LogP contribution < -0.4 is 19.5 Å². The minimum absolute atomic E-state index is 0.211. The number of carbonyl (C=O) groups excluding carboxylic acids is 1. The van der Waals surface area contributed by atoms with Crippen molar-refractivity contribution < 1.29 is 19.0 Å². The Labute approximate surface area is 167 Å². The number of likely N-dealkylation sites (N-methyl/N-ethyl adjacent to an activating group) is 1. The first-order chi connectivity index (χ1) is 13.5. The summed E-state index contributed by atoms with van der Waals surface area (Å²) in [7, 11) is 3.19. The largest absolute Gasteiger partial charge is 0.496 e. The first-order valence-electron chi connectivity index (χ1n) is 9.51. The Morgan fingerprint density at radius 2 is 1.68 bits per heavy atom. The molecule has 2 rings (SSSR count). The molecule has 0 saturated carbocycles. The van der Waals surface area contributed by atoms with E-state index in [2.05, 4.69) is 24.1 Å². The van der Waals surface area contributed by atoms with Gasteiger partial charge in [0.2, 0.25) is 0 Å². The molecule has 0 aromatic heterocycles. The molecule has 6 nitrogen and oxygen atoms in total. The molecule has 1 N–H and O–H groups in total. The van der Waals surface area contributed by atoms with Crippen LogP contribution in [0.15, 0.2) is 36.4 Å². The number of amides is 1. The number of nitrogens with zero attached hydrogens (tertiary/aromatic N) is 1. The average molecular weight is 386 g/mol. The number of hydrogen-bond acceptors (Lipinski definition) is 5. The second-order valence-corrected chi connectivity index (χ2v) is 6.38. The van der Waals surface area contributed by atoms with Crippen molar-refractivity contribution >= 4 is 11.6 Å². The highest BCUT2D eigenvalue weighted by molar-refractivity contribution is 6.04. The Morgan fingerprint density at radius 3 is 2.32 bits per heavy atom. The van der Waals surface area contributed by atoms with Crippen molar-refractivity contribution in [2.45, 2.75) is 20.8 Å². The highest BCUT2D eigenvalue weighted by Crippen LogP contribution is 2.30. The van der Waals surface area contributed by atoms with Crippen LogP contribution in [-0.4, -0.2) is 51.3 Å². The number of anilines is 1. The molecule has 152 valence electrons. The summed E-state index contributed by atoms with van der Waals surface area (Å²) in [6.07, 6.45) is 0. The number of benzene rings is 2. The molecule has 28 heavy (non-hydrogen) atoms. The van der Waals surface area contributed by atoms with Gasteiger partial charge >= 0.3 is 0 Å². The third kappa shape index (κ3) is 5.63. The molecule has 0 heterocycles. The smallest absolute Gasteiger partial charge is 0.255 e. The lowest BCUT2D eigenvalue weighted by Crippen LogP contribution is -2.28. The van der Waals surface area contributed by atoms with Gasteiger partial charge in [-0.1, -0.05) is 19.9 Å². The molecular weight excluding hydrogens is 356 g/mol. The van der Waals surface area contributed by atoms with E-state index in [1.54, 1.807) is 44.6 Å². The molecule has 2 aromatic carbocycles. The van der Waals surface area contributed by atoms with E-state index in [-0.39, 0.29) is 5.91 Å². The van der Waals surface area contributed by atoms with Gasteiger partial charge in [-0.25, -0.2) is 0 Å². The van der Waals surface area contributed by atoms with Crippen LogP contribution in [0.25, 0.3) is 0 Å². The predicted molar refractivity (Wildman–Crippen MR) is 112 cm³/mol. The van der Waals surface area contributed by atoms with Crippen LogP contribution in [0.2, 0.25) is 0 Å². The van der Waals surface area contributed by atoms with E-state index in [1.807, 2.05) is 13.0 Å². The Hall–Kier alpha value is -2.73. The van der Waals surface area contributed by atoms with E-state index < -0.39 is 0 Å². The fourth-order valence-corrected chi connectivity index (χ4v) is 2.86. The monoisotopic (exact) mass is 386 g/mol. The van der Waals surface area contributed by atoms with Gasteiger partial charge in [-0.2, -0.15) is 0 Å². The van der Waals surface area contributed by atoms with E-state index in [0.29, 0.717) is 35.1 Å². The molecule has 6 heteroatoms. The van der Waals surface area contributed by atoms with Crippen LogP contribution in [0.3, 0.4) is 0 Å². The van der Waals surface area contributed by atoms with E-state index in [9.17, 15) is 4.79 Å². The van der Waals surface area contributed by atoms with E-state index in [1.165, 1.54) is 0 Å². The average Bonchev–Trinajstić information content (AvgIpc) is 2.71. The SMILES string of the molecule is CCN(CC)CCOc1cc(NC(=O)c2ccc(C)c(OC)c2)ccc1OC. The van der Waals surface area contributed by atoms with Crippen LogP contribution in [0.4, 0.5) is 5.69 Å². The first kappa shape index (κ1) is 21.6. The lowest BCUT2D eigenvalue weighted by molar-refractivity contribution is 0.102. The summed E-state index contributed by atoms with van der Waals surface area (Å²) in [4.78, 5) is 14.9. The van der Waals surface area contributed by atoms with Crippen LogP contribution in [0.5, 0.6) is 17.2 Å². The summed E-state index contributed by atoms with van der Waals surface area (Å²) >= 11 is 0.